The van der Waals surface area contributed by atoms with Crippen molar-refractivity contribution in [1.29, 1.82) is 0 Å². The van der Waals surface area contributed by atoms with Crippen LogP contribution in [0.25, 0.3) is 122 Å². The highest BCUT2D eigenvalue weighted by Crippen LogP contribution is 2.48. The number of para-hydroxylation sites is 4. The summed E-state index contributed by atoms with van der Waals surface area (Å²) in [6, 6.07) is 72.0. The van der Waals surface area contributed by atoms with Gasteiger partial charge in [-0.3, -0.25) is 0 Å². The van der Waals surface area contributed by atoms with Gasteiger partial charge in [0.1, 0.15) is 22.3 Å². The first-order valence-corrected chi connectivity index (χ1v) is 20.2. The van der Waals surface area contributed by atoms with E-state index >= 15 is 0 Å². The van der Waals surface area contributed by atoms with E-state index in [2.05, 4.69) is 182 Å². The highest BCUT2D eigenvalue weighted by atomic mass is 16.3. The second kappa shape index (κ2) is 13.8. The van der Waals surface area contributed by atoms with Crippen molar-refractivity contribution in [1.82, 2.24) is 9.97 Å². The van der Waals surface area contributed by atoms with Crippen molar-refractivity contribution in [2.45, 2.75) is 0 Å². The van der Waals surface area contributed by atoms with Crippen LogP contribution in [-0.4, -0.2) is 9.97 Å². The molecule has 0 bridgehead atoms. The zero-order valence-corrected chi connectivity index (χ0v) is 32.3. The maximum absolute atomic E-state index is 6.66. The Hall–Kier alpha value is -8.08. The fraction of sp³-hybridized carbons (Fsp3) is 0. The maximum atomic E-state index is 6.66. The Morgan fingerprint density at radius 2 is 0.767 bits per heavy atom. The van der Waals surface area contributed by atoms with Gasteiger partial charge in [-0.15, -0.1) is 0 Å². The molecule has 0 atom stereocenters. The zero-order chi connectivity index (χ0) is 39.6. The number of nitrogens with zero attached hydrogens (tertiary/aromatic N) is 2. The fourth-order valence-corrected chi connectivity index (χ4v) is 9.02. The predicted molar refractivity (Wildman–Crippen MR) is 247 cm³/mol. The number of fused-ring (bicyclic) bond motifs is 7. The predicted octanol–water partition coefficient (Wildman–Crippen LogP) is 15.4. The highest BCUT2D eigenvalue weighted by molar-refractivity contribution is 6.12. The number of furan rings is 2. The molecule has 9 aromatic carbocycles. The Morgan fingerprint density at radius 3 is 1.40 bits per heavy atom. The lowest BCUT2D eigenvalue weighted by atomic mass is 9.84. The van der Waals surface area contributed by atoms with Crippen LogP contribution < -0.4 is 0 Å². The lowest BCUT2D eigenvalue weighted by Gasteiger charge is -2.21. The van der Waals surface area contributed by atoms with E-state index in [9.17, 15) is 0 Å². The van der Waals surface area contributed by atoms with Crippen molar-refractivity contribution < 1.29 is 8.83 Å². The van der Waals surface area contributed by atoms with Gasteiger partial charge in [0, 0.05) is 43.8 Å². The molecular weight excluding hydrogens is 733 g/mol. The van der Waals surface area contributed by atoms with E-state index in [1.54, 1.807) is 0 Å². The molecule has 0 aliphatic heterocycles. The highest BCUT2D eigenvalue weighted by Gasteiger charge is 2.25. The summed E-state index contributed by atoms with van der Waals surface area (Å²) in [6.45, 7) is 0. The molecule has 0 spiro atoms. The van der Waals surface area contributed by atoms with Crippen LogP contribution in [0.1, 0.15) is 0 Å². The number of aromatic nitrogens is 2. The third-order valence-corrected chi connectivity index (χ3v) is 11.7. The van der Waals surface area contributed by atoms with E-state index in [4.69, 9.17) is 18.8 Å². The van der Waals surface area contributed by atoms with Crippen molar-refractivity contribution >= 4 is 54.6 Å². The fourth-order valence-electron chi connectivity index (χ4n) is 9.02. The van der Waals surface area contributed by atoms with Crippen molar-refractivity contribution in [2.24, 2.45) is 0 Å². The molecular formula is C56H34N2O2. The lowest BCUT2D eigenvalue weighted by molar-refractivity contribution is 0.669. The van der Waals surface area contributed by atoms with E-state index in [-0.39, 0.29) is 0 Å². The number of benzene rings is 9. The number of hydrogen-bond acceptors (Lipinski definition) is 4. The summed E-state index contributed by atoms with van der Waals surface area (Å²) < 4.78 is 13.3. The summed E-state index contributed by atoms with van der Waals surface area (Å²) in [5.41, 5.74) is 13.9. The summed E-state index contributed by atoms with van der Waals surface area (Å²) >= 11 is 0. The molecule has 3 heterocycles. The first kappa shape index (κ1) is 34.0. The molecule has 4 nitrogen and oxygen atoms in total. The molecule has 3 aromatic heterocycles. The van der Waals surface area contributed by atoms with Gasteiger partial charge in [0.05, 0.1) is 11.4 Å². The van der Waals surface area contributed by atoms with E-state index in [0.717, 1.165) is 105 Å². The van der Waals surface area contributed by atoms with E-state index in [0.29, 0.717) is 5.82 Å². The van der Waals surface area contributed by atoms with Gasteiger partial charge in [-0.1, -0.05) is 176 Å². The minimum absolute atomic E-state index is 0.600. The van der Waals surface area contributed by atoms with Crippen molar-refractivity contribution in [3.63, 3.8) is 0 Å². The van der Waals surface area contributed by atoms with Gasteiger partial charge in [-0.05, 0) is 68.9 Å². The molecule has 0 amide bonds. The summed E-state index contributed by atoms with van der Waals surface area (Å²) in [4.78, 5) is 11.2. The SMILES string of the molecule is c1ccc(-c2ccc(-c3cccc4ccccc34)c(-c3ccccc3)c2-c2nc(-c3cccc4c3oc3ccccc34)cc(-c3cccc4c3oc3ccccc34)n2)cc1. The Morgan fingerprint density at radius 1 is 0.300 bits per heavy atom. The minimum Gasteiger partial charge on any atom is -0.455 e. The summed E-state index contributed by atoms with van der Waals surface area (Å²) in [5.74, 6) is 0.600. The summed E-state index contributed by atoms with van der Waals surface area (Å²) in [7, 11) is 0. The molecule has 4 heteroatoms. The van der Waals surface area contributed by atoms with Crippen LogP contribution in [0, 0.1) is 0 Å². The lowest BCUT2D eigenvalue weighted by Crippen LogP contribution is -2.01. The summed E-state index contributed by atoms with van der Waals surface area (Å²) in [6.07, 6.45) is 0. The number of hydrogen-bond donors (Lipinski definition) is 0. The topological polar surface area (TPSA) is 52.1 Å². The van der Waals surface area contributed by atoms with Crippen molar-refractivity contribution in [3.05, 3.63) is 206 Å². The molecule has 12 rings (SSSR count). The van der Waals surface area contributed by atoms with Crippen molar-refractivity contribution in [3.8, 4) is 67.3 Å². The van der Waals surface area contributed by atoms with Crippen LogP contribution in [0.3, 0.4) is 0 Å². The number of rotatable bonds is 6. The van der Waals surface area contributed by atoms with Gasteiger partial charge in [0.25, 0.3) is 0 Å². The largest absolute Gasteiger partial charge is 0.455 e. The molecule has 0 N–H and O–H groups in total. The van der Waals surface area contributed by atoms with E-state index in [1.165, 1.54) is 10.8 Å². The minimum atomic E-state index is 0.600. The monoisotopic (exact) mass is 766 g/mol. The third kappa shape index (κ3) is 5.46. The second-order valence-corrected chi connectivity index (χ2v) is 15.2. The van der Waals surface area contributed by atoms with Gasteiger partial charge in [0.2, 0.25) is 0 Å². The molecule has 60 heavy (non-hydrogen) atoms. The van der Waals surface area contributed by atoms with E-state index < -0.39 is 0 Å². The first-order valence-electron chi connectivity index (χ1n) is 20.2. The average molecular weight is 767 g/mol. The molecule has 0 fully saturated rings. The Kier molecular flexibility index (Phi) is 7.82. The Bertz CT molecular complexity index is 3460. The average Bonchev–Trinajstić information content (AvgIpc) is 3.90. The van der Waals surface area contributed by atoms with Crippen LogP contribution >= 0.6 is 0 Å². The molecule has 0 aliphatic rings. The zero-order valence-electron chi connectivity index (χ0n) is 32.3. The van der Waals surface area contributed by atoms with E-state index in [1.807, 2.05) is 24.3 Å². The Labute approximate surface area is 345 Å². The van der Waals surface area contributed by atoms with Gasteiger partial charge < -0.3 is 8.83 Å². The smallest absolute Gasteiger partial charge is 0.161 e. The van der Waals surface area contributed by atoms with Crippen LogP contribution in [0.4, 0.5) is 0 Å². The maximum Gasteiger partial charge on any atom is 0.161 e. The van der Waals surface area contributed by atoms with Crippen LogP contribution in [0.15, 0.2) is 215 Å². The standard InChI is InChI=1S/C56H34N2O2/c1-3-16-36(17-4-1)39-32-33-43(40-25-13-21-35-18-7-8-22-38(35)40)52(37-19-5-2-6-20-37)53(39)56-57-48(46-28-14-26-44-41-23-9-11-30-50(41)59-54(44)46)34-49(58-56)47-29-15-27-45-42-24-10-12-31-51(42)60-55(45)47/h1-34H. The first-order chi connectivity index (χ1) is 29.8. The van der Waals surface area contributed by atoms with Crippen LogP contribution in [0.5, 0.6) is 0 Å². The molecule has 0 saturated heterocycles. The molecule has 12 aromatic rings. The van der Waals surface area contributed by atoms with Gasteiger partial charge in [-0.2, -0.15) is 0 Å². The molecule has 0 unspecified atom stereocenters. The quantitative estimate of drug-likeness (QED) is 0.169. The molecule has 0 radical (unpaired) electrons. The van der Waals surface area contributed by atoms with Gasteiger partial charge >= 0.3 is 0 Å². The molecule has 0 aliphatic carbocycles. The van der Waals surface area contributed by atoms with Crippen LogP contribution in [0.2, 0.25) is 0 Å². The molecule has 280 valence electrons. The molecule has 0 saturated carbocycles. The third-order valence-electron chi connectivity index (χ3n) is 11.7. The van der Waals surface area contributed by atoms with Crippen LogP contribution in [-0.2, 0) is 0 Å². The Balaban J connectivity index is 1.23. The second-order valence-electron chi connectivity index (χ2n) is 15.2. The summed E-state index contributed by atoms with van der Waals surface area (Å²) in [5, 5.41) is 6.57. The van der Waals surface area contributed by atoms with Gasteiger partial charge in [0.15, 0.2) is 5.82 Å². The normalized spacial score (nSPS) is 11.7. The van der Waals surface area contributed by atoms with Gasteiger partial charge in [-0.25, -0.2) is 9.97 Å². The van der Waals surface area contributed by atoms with Crippen molar-refractivity contribution in [2.75, 3.05) is 0 Å².